The zero-order valence-corrected chi connectivity index (χ0v) is 17.3. The molecule has 3 heterocycles. The Hall–Kier alpha value is -3.02. The van der Waals surface area contributed by atoms with E-state index in [-0.39, 0.29) is 11.8 Å². The molecule has 1 N–H and O–H groups in total. The quantitative estimate of drug-likeness (QED) is 0.740. The van der Waals surface area contributed by atoms with E-state index in [4.69, 9.17) is 0 Å². The molecule has 6 heteroatoms. The maximum atomic E-state index is 12.7. The number of amides is 1. The zero-order valence-electron chi connectivity index (χ0n) is 17.3. The fourth-order valence-electron chi connectivity index (χ4n) is 3.74. The van der Waals surface area contributed by atoms with Gasteiger partial charge in [0, 0.05) is 19.6 Å². The van der Waals surface area contributed by atoms with Crippen LogP contribution in [0.1, 0.15) is 35.4 Å². The standard InChI is InChI=1S/C23H27N5O/c1-15-6-8-18(9-7-15)12-25-23(29)19-5-4-10-28(14-19)20-11-21-22(24-13-20)27-17(3)16(2)26-21/h6-9,11,13,19H,4-5,10,12,14H2,1-3H3,(H,25,29). The summed E-state index contributed by atoms with van der Waals surface area (Å²) in [5.41, 5.74) is 6.65. The molecule has 0 spiro atoms. The van der Waals surface area contributed by atoms with Crippen LogP contribution in [0.3, 0.4) is 0 Å². The molecule has 0 radical (unpaired) electrons. The van der Waals surface area contributed by atoms with Gasteiger partial charge in [-0.1, -0.05) is 29.8 Å². The molecule has 29 heavy (non-hydrogen) atoms. The molecule has 1 amide bonds. The molecule has 1 atom stereocenters. The van der Waals surface area contributed by atoms with Gasteiger partial charge in [-0.25, -0.2) is 15.0 Å². The minimum atomic E-state index is -0.0178. The van der Waals surface area contributed by atoms with E-state index in [1.807, 2.05) is 26.1 Å². The second-order valence-corrected chi connectivity index (χ2v) is 7.92. The summed E-state index contributed by atoms with van der Waals surface area (Å²) in [6.45, 7) is 8.17. The van der Waals surface area contributed by atoms with Crippen LogP contribution in [0.25, 0.3) is 11.2 Å². The maximum absolute atomic E-state index is 12.7. The lowest BCUT2D eigenvalue weighted by Crippen LogP contribution is -2.43. The number of fused-ring (bicyclic) bond motifs is 1. The maximum Gasteiger partial charge on any atom is 0.225 e. The molecular weight excluding hydrogens is 362 g/mol. The topological polar surface area (TPSA) is 71.0 Å². The number of hydrogen-bond acceptors (Lipinski definition) is 5. The van der Waals surface area contributed by atoms with Crippen molar-refractivity contribution in [1.29, 1.82) is 0 Å². The Morgan fingerprint density at radius 3 is 2.69 bits per heavy atom. The number of carbonyl (C=O) groups is 1. The highest BCUT2D eigenvalue weighted by atomic mass is 16.1. The molecule has 0 saturated carbocycles. The molecule has 4 rings (SSSR count). The number of nitrogens with one attached hydrogen (secondary N) is 1. The summed E-state index contributed by atoms with van der Waals surface area (Å²) < 4.78 is 0. The van der Waals surface area contributed by atoms with Gasteiger partial charge in [-0.05, 0) is 45.2 Å². The Bertz CT molecular complexity index is 1030. The number of hydrogen-bond donors (Lipinski definition) is 1. The fraction of sp³-hybridized carbons (Fsp3) is 0.391. The van der Waals surface area contributed by atoms with Crippen molar-refractivity contribution in [2.24, 2.45) is 5.92 Å². The van der Waals surface area contributed by atoms with E-state index in [9.17, 15) is 4.79 Å². The van der Waals surface area contributed by atoms with E-state index < -0.39 is 0 Å². The number of piperidine rings is 1. The van der Waals surface area contributed by atoms with Crippen molar-refractivity contribution in [2.45, 2.75) is 40.2 Å². The van der Waals surface area contributed by atoms with Crippen molar-refractivity contribution >= 4 is 22.8 Å². The van der Waals surface area contributed by atoms with Crippen LogP contribution in [0, 0.1) is 26.7 Å². The second-order valence-electron chi connectivity index (χ2n) is 7.92. The Kier molecular flexibility index (Phi) is 5.43. The molecule has 0 bridgehead atoms. The third-order valence-electron chi connectivity index (χ3n) is 5.66. The van der Waals surface area contributed by atoms with Gasteiger partial charge in [0.1, 0.15) is 5.52 Å². The number of rotatable bonds is 4. The van der Waals surface area contributed by atoms with Gasteiger partial charge in [0.2, 0.25) is 5.91 Å². The van der Waals surface area contributed by atoms with Crippen LogP contribution < -0.4 is 10.2 Å². The summed E-state index contributed by atoms with van der Waals surface area (Å²) in [4.78, 5) is 28.6. The summed E-state index contributed by atoms with van der Waals surface area (Å²) in [6, 6.07) is 10.3. The molecule has 1 unspecified atom stereocenters. The number of pyridine rings is 1. The molecule has 150 valence electrons. The number of nitrogens with zero attached hydrogens (tertiary/aromatic N) is 4. The van der Waals surface area contributed by atoms with Gasteiger partial charge in [-0.2, -0.15) is 0 Å². The smallest absolute Gasteiger partial charge is 0.225 e. The van der Waals surface area contributed by atoms with Gasteiger partial charge in [0.25, 0.3) is 0 Å². The molecule has 1 saturated heterocycles. The van der Waals surface area contributed by atoms with Gasteiger partial charge < -0.3 is 10.2 Å². The lowest BCUT2D eigenvalue weighted by atomic mass is 9.96. The number of benzene rings is 1. The highest BCUT2D eigenvalue weighted by molar-refractivity contribution is 5.80. The average Bonchev–Trinajstić information content (AvgIpc) is 2.74. The van der Waals surface area contributed by atoms with E-state index in [1.54, 1.807) is 0 Å². The third kappa shape index (κ3) is 4.36. The Morgan fingerprint density at radius 2 is 1.90 bits per heavy atom. The first-order valence-corrected chi connectivity index (χ1v) is 10.2. The summed E-state index contributed by atoms with van der Waals surface area (Å²) in [7, 11) is 0. The largest absolute Gasteiger partial charge is 0.369 e. The van der Waals surface area contributed by atoms with Crippen LogP contribution in [-0.4, -0.2) is 33.9 Å². The van der Waals surface area contributed by atoms with Gasteiger partial charge >= 0.3 is 0 Å². The molecule has 1 aliphatic rings. The van der Waals surface area contributed by atoms with Crippen LogP contribution >= 0.6 is 0 Å². The number of aryl methyl sites for hydroxylation is 3. The minimum absolute atomic E-state index is 0.0178. The third-order valence-corrected chi connectivity index (χ3v) is 5.66. The molecule has 0 aliphatic carbocycles. The Balaban J connectivity index is 1.43. The van der Waals surface area contributed by atoms with Gasteiger partial charge in [-0.15, -0.1) is 0 Å². The van der Waals surface area contributed by atoms with E-state index in [2.05, 4.69) is 56.4 Å². The molecular formula is C23H27N5O. The first kappa shape index (κ1) is 19.3. The normalized spacial score (nSPS) is 16.8. The van der Waals surface area contributed by atoms with Crippen molar-refractivity contribution in [2.75, 3.05) is 18.0 Å². The lowest BCUT2D eigenvalue weighted by molar-refractivity contribution is -0.125. The van der Waals surface area contributed by atoms with Gasteiger partial charge in [0.15, 0.2) is 5.65 Å². The van der Waals surface area contributed by atoms with Crippen molar-refractivity contribution in [3.63, 3.8) is 0 Å². The van der Waals surface area contributed by atoms with Crippen LogP contribution in [0.15, 0.2) is 36.5 Å². The van der Waals surface area contributed by atoms with Crippen molar-refractivity contribution in [3.8, 4) is 0 Å². The van der Waals surface area contributed by atoms with E-state index in [1.165, 1.54) is 5.56 Å². The van der Waals surface area contributed by atoms with E-state index in [0.717, 1.165) is 47.5 Å². The lowest BCUT2D eigenvalue weighted by Gasteiger charge is -2.33. The Labute approximate surface area is 171 Å². The number of anilines is 1. The van der Waals surface area contributed by atoms with Crippen LogP contribution in [0.2, 0.25) is 0 Å². The first-order valence-electron chi connectivity index (χ1n) is 10.2. The minimum Gasteiger partial charge on any atom is -0.369 e. The molecule has 1 aromatic carbocycles. The van der Waals surface area contributed by atoms with Crippen LogP contribution in [0.4, 0.5) is 5.69 Å². The fourth-order valence-corrected chi connectivity index (χ4v) is 3.74. The van der Waals surface area contributed by atoms with Crippen molar-refractivity contribution < 1.29 is 4.79 Å². The average molecular weight is 390 g/mol. The summed E-state index contributed by atoms with van der Waals surface area (Å²) >= 11 is 0. The van der Waals surface area contributed by atoms with E-state index >= 15 is 0 Å². The highest BCUT2D eigenvalue weighted by Crippen LogP contribution is 2.25. The van der Waals surface area contributed by atoms with Gasteiger partial charge in [0.05, 0.1) is 29.2 Å². The number of aromatic nitrogens is 3. The summed E-state index contributed by atoms with van der Waals surface area (Å²) in [5.74, 6) is 0.103. The second kappa shape index (κ2) is 8.15. The Morgan fingerprint density at radius 1 is 1.14 bits per heavy atom. The van der Waals surface area contributed by atoms with E-state index in [0.29, 0.717) is 18.7 Å². The SMILES string of the molecule is Cc1ccc(CNC(=O)C2CCCN(c3cnc4nc(C)c(C)nc4c3)C2)cc1. The summed E-state index contributed by atoms with van der Waals surface area (Å²) in [6.07, 6.45) is 3.74. The predicted molar refractivity (Wildman–Crippen MR) is 115 cm³/mol. The van der Waals surface area contributed by atoms with Crippen LogP contribution in [-0.2, 0) is 11.3 Å². The first-order chi connectivity index (χ1) is 14.0. The molecule has 2 aromatic heterocycles. The predicted octanol–water partition coefficient (Wildman–Crippen LogP) is 3.48. The van der Waals surface area contributed by atoms with Gasteiger partial charge in [-0.3, -0.25) is 4.79 Å². The molecule has 1 fully saturated rings. The number of carbonyl (C=O) groups excluding carboxylic acids is 1. The van der Waals surface area contributed by atoms with Crippen LogP contribution in [0.5, 0.6) is 0 Å². The zero-order chi connectivity index (χ0) is 20.4. The van der Waals surface area contributed by atoms with Crippen molar-refractivity contribution in [3.05, 3.63) is 59.0 Å². The summed E-state index contributed by atoms with van der Waals surface area (Å²) in [5, 5.41) is 3.10. The van der Waals surface area contributed by atoms with Crippen molar-refractivity contribution in [1.82, 2.24) is 20.3 Å². The molecule has 1 aliphatic heterocycles. The molecule has 6 nitrogen and oxygen atoms in total. The monoisotopic (exact) mass is 389 g/mol. The highest BCUT2D eigenvalue weighted by Gasteiger charge is 2.26. The molecule has 3 aromatic rings.